The molecule has 1 amide bonds. The lowest BCUT2D eigenvalue weighted by Gasteiger charge is -2.32. The molecule has 11 heteroatoms. The Morgan fingerprint density at radius 1 is 1.06 bits per heavy atom. The largest absolute Gasteiger partial charge is 0.365 e. The molecule has 7 nitrogen and oxygen atoms in total. The molecule has 4 rings (SSSR count). The third-order valence-electron chi connectivity index (χ3n) is 4.95. The lowest BCUT2D eigenvalue weighted by atomic mass is 10.0. The third-order valence-corrected chi connectivity index (χ3v) is 6.13. The number of nitrogens with two attached hydrogens (primary N) is 1. The van der Waals surface area contributed by atoms with Crippen molar-refractivity contribution in [1.29, 1.82) is 0 Å². The van der Waals surface area contributed by atoms with Gasteiger partial charge in [-0.1, -0.05) is 52.5 Å². The van der Waals surface area contributed by atoms with Crippen LogP contribution < -0.4 is 11.1 Å². The molecule has 1 atom stereocenters. The highest BCUT2D eigenvalue weighted by molar-refractivity contribution is 6.42. The number of carbonyl (C=O) groups is 1. The minimum atomic E-state index is -1.05. The first kappa shape index (κ1) is 22.2. The number of carbonyl (C=O) groups excluding carboxylic acids is 1. The van der Waals surface area contributed by atoms with E-state index in [0.29, 0.717) is 55.8 Å². The van der Waals surface area contributed by atoms with Gasteiger partial charge in [-0.15, -0.1) is 0 Å². The van der Waals surface area contributed by atoms with Crippen molar-refractivity contribution in [2.24, 2.45) is 5.73 Å². The summed E-state index contributed by atoms with van der Waals surface area (Å²) < 4.78 is 1.72. The molecular weight excluding hydrogens is 484 g/mol. The number of aromatic nitrogens is 2. The summed E-state index contributed by atoms with van der Waals surface area (Å²) in [4.78, 5) is 14.1. The maximum absolute atomic E-state index is 12.3. The smallest absolute Gasteiger partial charge is 0.252 e. The fourth-order valence-electron chi connectivity index (χ4n) is 3.53. The van der Waals surface area contributed by atoms with Crippen LogP contribution in [0.25, 0.3) is 11.3 Å². The van der Waals surface area contributed by atoms with Crippen LogP contribution in [-0.4, -0.2) is 38.6 Å². The Morgan fingerprint density at radius 3 is 2.42 bits per heavy atom. The van der Waals surface area contributed by atoms with Gasteiger partial charge < -0.3 is 16.2 Å². The molecule has 1 aliphatic rings. The van der Waals surface area contributed by atoms with E-state index in [1.807, 2.05) is 0 Å². The van der Waals surface area contributed by atoms with Crippen molar-refractivity contribution in [2.75, 3.05) is 11.9 Å². The fraction of sp³-hybridized carbons (Fsp3) is 0.200. The first-order valence-electron chi connectivity index (χ1n) is 9.22. The van der Waals surface area contributed by atoms with E-state index in [1.54, 1.807) is 46.0 Å². The van der Waals surface area contributed by atoms with E-state index in [4.69, 9.17) is 52.1 Å². The van der Waals surface area contributed by atoms with E-state index < -0.39 is 12.3 Å². The highest BCUT2D eigenvalue weighted by atomic mass is 35.5. The zero-order chi connectivity index (χ0) is 22.3. The van der Waals surface area contributed by atoms with Gasteiger partial charge in [-0.05, 0) is 30.3 Å². The fourth-order valence-corrected chi connectivity index (χ4v) is 4.35. The molecule has 4 N–H and O–H groups in total. The zero-order valence-electron chi connectivity index (χ0n) is 15.9. The number of aliphatic hydroxyl groups excluding tert-OH is 1. The van der Waals surface area contributed by atoms with Crippen LogP contribution in [0.3, 0.4) is 0 Å². The minimum absolute atomic E-state index is 0.245. The van der Waals surface area contributed by atoms with Gasteiger partial charge in [0, 0.05) is 34.4 Å². The van der Waals surface area contributed by atoms with Crippen molar-refractivity contribution in [3.63, 3.8) is 0 Å². The number of fused-ring (bicyclic) bond motifs is 1. The molecule has 1 aliphatic heterocycles. The second-order valence-corrected chi connectivity index (χ2v) is 8.72. The predicted molar refractivity (Wildman–Crippen MR) is 123 cm³/mol. The number of anilines is 1. The van der Waals surface area contributed by atoms with Gasteiger partial charge in [-0.2, -0.15) is 5.10 Å². The summed E-state index contributed by atoms with van der Waals surface area (Å²) in [5, 5.41) is 19.9. The summed E-state index contributed by atoms with van der Waals surface area (Å²) in [6, 6.07) is 9.92. The van der Waals surface area contributed by atoms with Gasteiger partial charge in [0.05, 0.1) is 27.8 Å². The van der Waals surface area contributed by atoms with Gasteiger partial charge in [-0.25, -0.2) is 0 Å². The SMILES string of the molecule is NC(=O)c1c(-c2ccc(Cl)c(Cl)c2)nn2c1CN(C(O)Nc1cc(Cl)cc(Cl)c1)CC2. The predicted octanol–water partition coefficient (Wildman–Crippen LogP) is 4.47. The van der Waals surface area contributed by atoms with Gasteiger partial charge in [0.2, 0.25) is 0 Å². The lowest BCUT2D eigenvalue weighted by Crippen LogP contribution is -2.45. The van der Waals surface area contributed by atoms with Crippen LogP contribution in [0.5, 0.6) is 0 Å². The molecule has 0 fully saturated rings. The van der Waals surface area contributed by atoms with Gasteiger partial charge in [0.1, 0.15) is 5.69 Å². The Hall–Kier alpha value is -2.00. The van der Waals surface area contributed by atoms with Crippen LogP contribution >= 0.6 is 46.4 Å². The molecule has 0 spiro atoms. The van der Waals surface area contributed by atoms with Crippen molar-refractivity contribution in [2.45, 2.75) is 19.4 Å². The van der Waals surface area contributed by atoms with Gasteiger partial charge in [-0.3, -0.25) is 14.4 Å². The summed E-state index contributed by atoms with van der Waals surface area (Å²) in [7, 11) is 0. The monoisotopic (exact) mass is 499 g/mol. The van der Waals surface area contributed by atoms with Crippen molar-refractivity contribution in [3.05, 3.63) is 67.7 Å². The molecule has 162 valence electrons. The molecular formula is C20H17Cl4N5O2. The highest BCUT2D eigenvalue weighted by Crippen LogP contribution is 2.33. The average molecular weight is 501 g/mol. The molecule has 1 unspecified atom stereocenters. The molecule has 0 aliphatic carbocycles. The van der Waals surface area contributed by atoms with E-state index in [-0.39, 0.29) is 12.1 Å². The van der Waals surface area contributed by atoms with Gasteiger partial charge in [0.25, 0.3) is 5.91 Å². The molecule has 0 saturated heterocycles. The quantitative estimate of drug-likeness (QED) is 0.449. The van der Waals surface area contributed by atoms with E-state index >= 15 is 0 Å². The highest BCUT2D eigenvalue weighted by Gasteiger charge is 2.30. The summed E-state index contributed by atoms with van der Waals surface area (Å²) >= 11 is 24.2. The second-order valence-electron chi connectivity index (χ2n) is 7.03. The standard InChI is InChI=1S/C20H17Cl4N5O2/c21-11-6-12(22)8-13(7-11)26-20(31)28-3-4-29-16(9-28)17(19(25)30)18(27-29)10-1-2-14(23)15(24)5-10/h1-2,5-8,20,26,31H,3-4,9H2,(H2,25,30). The van der Waals surface area contributed by atoms with E-state index in [0.717, 1.165) is 0 Å². The maximum Gasteiger partial charge on any atom is 0.252 e. The van der Waals surface area contributed by atoms with Crippen molar-refractivity contribution in [1.82, 2.24) is 14.7 Å². The van der Waals surface area contributed by atoms with Crippen molar-refractivity contribution >= 4 is 58.0 Å². The van der Waals surface area contributed by atoms with Crippen LogP contribution in [0.15, 0.2) is 36.4 Å². The first-order valence-corrected chi connectivity index (χ1v) is 10.7. The number of halogens is 4. The third kappa shape index (κ3) is 4.62. The van der Waals surface area contributed by atoms with Crippen molar-refractivity contribution < 1.29 is 9.90 Å². The number of aliphatic hydroxyl groups is 1. The number of nitrogens with one attached hydrogen (secondary N) is 1. The van der Waals surface area contributed by atoms with E-state index in [1.165, 1.54) is 0 Å². The number of primary amides is 1. The Bertz CT molecular complexity index is 1150. The summed E-state index contributed by atoms with van der Waals surface area (Å²) in [5.74, 6) is -0.617. The number of amides is 1. The summed E-state index contributed by atoms with van der Waals surface area (Å²) in [6.45, 7) is 1.18. The molecule has 2 heterocycles. The van der Waals surface area contributed by atoms with Crippen LogP contribution in [0.2, 0.25) is 20.1 Å². The minimum Gasteiger partial charge on any atom is -0.365 e. The van der Waals surface area contributed by atoms with Gasteiger partial charge >= 0.3 is 0 Å². The molecule has 0 bridgehead atoms. The maximum atomic E-state index is 12.3. The van der Waals surface area contributed by atoms with Crippen LogP contribution in [0.4, 0.5) is 5.69 Å². The Labute approximate surface area is 198 Å². The molecule has 2 aromatic carbocycles. The molecule has 31 heavy (non-hydrogen) atoms. The van der Waals surface area contributed by atoms with Crippen LogP contribution in [-0.2, 0) is 13.1 Å². The Balaban J connectivity index is 1.63. The van der Waals surface area contributed by atoms with Crippen LogP contribution in [0, 0.1) is 0 Å². The average Bonchev–Trinajstić information content (AvgIpc) is 3.08. The number of rotatable bonds is 5. The zero-order valence-corrected chi connectivity index (χ0v) is 19.0. The summed E-state index contributed by atoms with van der Waals surface area (Å²) in [5.41, 5.74) is 8.19. The molecule has 1 aromatic heterocycles. The van der Waals surface area contributed by atoms with E-state index in [9.17, 15) is 9.90 Å². The number of nitrogens with zero attached hydrogens (tertiary/aromatic N) is 3. The first-order chi connectivity index (χ1) is 14.7. The molecule has 3 aromatic rings. The topological polar surface area (TPSA) is 96.4 Å². The number of hydrogen-bond acceptors (Lipinski definition) is 5. The molecule has 0 radical (unpaired) electrons. The van der Waals surface area contributed by atoms with Crippen LogP contribution in [0.1, 0.15) is 16.1 Å². The van der Waals surface area contributed by atoms with E-state index in [2.05, 4.69) is 10.4 Å². The Morgan fingerprint density at radius 2 is 1.77 bits per heavy atom. The summed E-state index contributed by atoms with van der Waals surface area (Å²) in [6.07, 6.45) is -1.05. The van der Waals surface area contributed by atoms with Crippen molar-refractivity contribution in [3.8, 4) is 11.3 Å². The second kappa shape index (κ2) is 8.86. The lowest BCUT2D eigenvalue weighted by molar-refractivity contribution is 0.00611. The number of benzene rings is 2. The Kier molecular flexibility index (Phi) is 6.35. The number of hydrogen-bond donors (Lipinski definition) is 3. The normalized spacial score (nSPS) is 14.9. The van der Waals surface area contributed by atoms with Gasteiger partial charge in [0.15, 0.2) is 6.35 Å². The molecule has 0 saturated carbocycles.